The number of nitrogens with one attached hydrogen (secondary N) is 1. The molecule has 2 heterocycles. The predicted octanol–water partition coefficient (Wildman–Crippen LogP) is 4.34. The lowest BCUT2D eigenvalue weighted by molar-refractivity contribution is 0.401. The molecule has 2 aromatic heterocycles. The minimum Gasteiger partial charge on any atom is -0.510 e. The molecule has 0 radical (unpaired) electrons. The van der Waals surface area contributed by atoms with Crippen LogP contribution in [0.1, 0.15) is 12.7 Å². The van der Waals surface area contributed by atoms with Crippen molar-refractivity contribution in [3.63, 3.8) is 0 Å². The van der Waals surface area contributed by atoms with Crippen LogP contribution in [0.2, 0.25) is 0 Å². The Morgan fingerprint density at radius 2 is 1.94 bits per heavy atom. The van der Waals surface area contributed by atoms with Crippen molar-refractivity contribution in [2.24, 2.45) is 7.05 Å². The van der Waals surface area contributed by atoms with Gasteiger partial charge in [0.1, 0.15) is 23.2 Å². The standard InChI is InChI=1S/C22H20N6O2S/c1-13(19(29)16(12-23)20-24-17-6-4-5-7-18(17)25-20)31-22-27-26-21(28(22)2)14-8-10-15(30-3)11-9-14/h4-11,13,29H,1-3H3,(H,24,25)/b19-16-. The predicted molar refractivity (Wildman–Crippen MR) is 120 cm³/mol. The van der Waals surface area contributed by atoms with E-state index in [1.807, 2.05) is 67.1 Å². The summed E-state index contributed by atoms with van der Waals surface area (Å²) in [6.45, 7) is 1.81. The molecule has 4 aromatic rings. The molecule has 1 unspecified atom stereocenters. The highest BCUT2D eigenvalue weighted by Gasteiger charge is 2.22. The van der Waals surface area contributed by atoms with Gasteiger partial charge in [0.25, 0.3) is 0 Å². The van der Waals surface area contributed by atoms with E-state index in [9.17, 15) is 10.4 Å². The molecule has 0 fully saturated rings. The number of benzene rings is 2. The van der Waals surface area contributed by atoms with Crippen molar-refractivity contribution in [1.29, 1.82) is 5.26 Å². The fraction of sp³-hybridized carbons (Fsp3) is 0.182. The molecule has 156 valence electrons. The first-order valence-electron chi connectivity index (χ1n) is 9.50. The molecule has 0 aliphatic carbocycles. The number of methoxy groups -OCH3 is 1. The van der Waals surface area contributed by atoms with Gasteiger partial charge < -0.3 is 19.4 Å². The second-order valence-electron chi connectivity index (χ2n) is 6.83. The topological polar surface area (TPSA) is 113 Å². The number of hydrogen-bond acceptors (Lipinski definition) is 7. The number of hydrogen-bond donors (Lipinski definition) is 2. The molecule has 9 heteroatoms. The van der Waals surface area contributed by atoms with Gasteiger partial charge in [-0.15, -0.1) is 10.2 Å². The smallest absolute Gasteiger partial charge is 0.191 e. The van der Waals surface area contributed by atoms with Gasteiger partial charge in [0.2, 0.25) is 0 Å². The van der Waals surface area contributed by atoms with Crippen molar-refractivity contribution in [1.82, 2.24) is 24.7 Å². The summed E-state index contributed by atoms with van der Waals surface area (Å²) in [6, 6.07) is 17.1. The molecule has 8 nitrogen and oxygen atoms in total. The fourth-order valence-electron chi connectivity index (χ4n) is 3.13. The number of thioether (sulfide) groups is 1. The van der Waals surface area contributed by atoms with Crippen molar-refractivity contribution >= 4 is 28.4 Å². The molecule has 0 aliphatic rings. The number of fused-ring (bicyclic) bond motifs is 1. The van der Waals surface area contributed by atoms with E-state index in [1.54, 1.807) is 7.11 Å². The van der Waals surface area contributed by atoms with Crippen molar-refractivity contribution in [2.45, 2.75) is 17.3 Å². The molecule has 0 spiro atoms. The highest BCUT2D eigenvalue weighted by molar-refractivity contribution is 7.99. The average Bonchev–Trinajstić information content (AvgIpc) is 3.38. The first kappa shape index (κ1) is 20.5. The largest absolute Gasteiger partial charge is 0.510 e. The molecule has 31 heavy (non-hydrogen) atoms. The zero-order valence-corrected chi connectivity index (χ0v) is 18.0. The Labute approximate surface area is 183 Å². The highest BCUT2D eigenvalue weighted by atomic mass is 32.2. The Kier molecular flexibility index (Phi) is 5.64. The SMILES string of the molecule is COc1ccc(-c2nnc(SC(C)/C(O)=C(\C#N)c3nc4ccccc4[nH]3)n2C)cc1. The third kappa shape index (κ3) is 3.98. The molecule has 1 atom stereocenters. The lowest BCUT2D eigenvalue weighted by atomic mass is 10.2. The number of ether oxygens (including phenoxy) is 1. The summed E-state index contributed by atoms with van der Waals surface area (Å²) < 4.78 is 7.05. The Balaban J connectivity index is 1.60. The summed E-state index contributed by atoms with van der Waals surface area (Å²) in [7, 11) is 3.48. The molecule has 4 rings (SSSR count). The van der Waals surface area contributed by atoms with Crippen molar-refractivity contribution in [2.75, 3.05) is 7.11 Å². The molecule has 0 saturated carbocycles. The minimum absolute atomic E-state index is 0.0689. The molecule has 0 saturated heterocycles. The molecule has 2 N–H and O–H groups in total. The first-order valence-corrected chi connectivity index (χ1v) is 10.4. The van der Waals surface area contributed by atoms with Crippen LogP contribution in [0.3, 0.4) is 0 Å². The molecule has 0 bridgehead atoms. The van der Waals surface area contributed by atoms with Crippen LogP contribution in [-0.4, -0.2) is 42.2 Å². The van der Waals surface area contributed by atoms with Gasteiger partial charge in [-0.25, -0.2) is 4.98 Å². The zero-order valence-electron chi connectivity index (χ0n) is 17.2. The normalized spacial score (nSPS) is 13.0. The number of H-pyrrole nitrogens is 1. The monoisotopic (exact) mass is 432 g/mol. The second-order valence-corrected chi connectivity index (χ2v) is 8.14. The Morgan fingerprint density at radius 3 is 2.61 bits per heavy atom. The third-order valence-corrected chi connectivity index (χ3v) is 5.99. The van der Waals surface area contributed by atoms with Gasteiger partial charge in [0.15, 0.2) is 16.8 Å². The zero-order chi connectivity index (χ0) is 22.0. The van der Waals surface area contributed by atoms with E-state index < -0.39 is 5.25 Å². The van der Waals surface area contributed by atoms with Gasteiger partial charge in [-0.1, -0.05) is 23.9 Å². The van der Waals surface area contributed by atoms with Crippen molar-refractivity contribution in [3.05, 3.63) is 60.1 Å². The van der Waals surface area contributed by atoms with Crippen LogP contribution in [0.15, 0.2) is 59.4 Å². The highest BCUT2D eigenvalue weighted by Crippen LogP contribution is 2.31. The number of allylic oxidation sites excluding steroid dienone is 1. The number of aromatic amines is 1. The van der Waals surface area contributed by atoms with E-state index in [1.165, 1.54) is 11.8 Å². The van der Waals surface area contributed by atoms with Gasteiger partial charge >= 0.3 is 0 Å². The Hall–Kier alpha value is -3.77. The van der Waals surface area contributed by atoms with Gasteiger partial charge in [-0.05, 0) is 43.3 Å². The van der Waals surface area contributed by atoms with Crippen LogP contribution < -0.4 is 4.74 Å². The Bertz CT molecular complexity index is 1270. The summed E-state index contributed by atoms with van der Waals surface area (Å²) in [5.41, 5.74) is 2.54. The summed E-state index contributed by atoms with van der Waals surface area (Å²) in [5.74, 6) is 1.73. The van der Waals surface area contributed by atoms with Crippen LogP contribution in [0.4, 0.5) is 0 Å². The average molecular weight is 433 g/mol. The van der Waals surface area contributed by atoms with Gasteiger partial charge in [0, 0.05) is 12.6 Å². The number of nitriles is 1. The number of para-hydroxylation sites is 2. The summed E-state index contributed by atoms with van der Waals surface area (Å²) in [4.78, 5) is 7.51. The molecule has 0 aliphatic heterocycles. The lowest BCUT2D eigenvalue weighted by Gasteiger charge is -2.11. The van der Waals surface area contributed by atoms with E-state index in [2.05, 4.69) is 26.2 Å². The van der Waals surface area contributed by atoms with Crippen LogP contribution in [0.25, 0.3) is 28.0 Å². The minimum atomic E-state index is -0.436. The summed E-state index contributed by atoms with van der Waals surface area (Å²) in [5, 5.41) is 29.2. The van der Waals surface area contributed by atoms with Crippen LogP contribution >= 0.6 is 11.8 Å². The van der Waals surface area contributed by atoms with Crippen LogP contribution in [0.5, 0.6) is 5.75 Å². The number of aromatic nitrogens is 5. The number of imidazole rings is 1. The van der Waals surface area contributed by atoms with Crippen LogP contribution in [-0.2, 0) is 7.05 Å². The summed E-state index contributed by atoms with van der Waals surface area (Å²) in [6.07, 6.45) is 0. The second kappa shape index (κ2) is 8.53. The maximum Gasteiger partial charge on any atom is 0.191 e. The molecule has 0 amide bonds. The Morgan fingerprint density at radius 1 is 1.19 bits per heavy atom. The van der Waals surface area contributed by atoms with Gasteiger partial charge in [-0.2, -0.15) is 5.26 Å². The summed E-state index contributed by atoms with van der Waals surface area (Å²) >= 11 is 1.31. The number of rotatable bonds is 6. The first-order chi connectivity index (χ1) is 15.0. The van der Waals surface area contributed by atoms with E-state index in [0.717, 1.165) is 22.3 Å². The molecular formula is C22H20N6O2S. The fourth-order valence-corrected chi connectivity index (χ4v) is 4.01. The van der Waals surface area contributed by atoms with Gasteiger partial charge in [0.05, 0.1) is 23.4 Å². The maximum atomic E-state index is 10.8. The molecule has 2 aromatic carbocycles. The van der Waals surface area contributed by atoms with E-state index in [-0.39, 0.29) is 11.3 Å². The third-order valence-electron chi connectivity index (χ3n) is 4.84. The quantitative estimate of drug-likeness (QED) is 0.265. The lowest BCUT2D eigenvalue weighted by Crippen LogP contribution is -2.06. The van der Waals surface area contributed by atoms with Crippen molar-refractivity contribution in [3.8, 4) is 23.2 Å². The number of aliphatic hydroxyl groups excluding tert-OH is 1. The van der Waals surface area contributed by atoms with E-state index in [0.29, 0.717) is 16.8 Å². The van der Waals surface area contributed by atoms with Crippen molar-refractivity contribution < 1.29 is 9.84 Å². The number of nitrogens with zero attached hydrogens (tertiary/aromatic N) is 5. The van der Waals surface area contributed by atoms with Gasteiger partial charge in [-0.3, -0.25) is 0 Å². The maximum absolute atomic E-state index is 10.8. The number of aliphatic hydroxyl groups is 1. The van der Waals surface area contributed by atoms with Crippen LogP contribution in [0, 0.1) is 11.3 Å². The van der Waals surface area contributed by atoms with E-state index >= 15 is 0 Å². The van der Waals surface area contributed by atoms with E-state index in [4.69, 9.17) is 4.74 Å². The molecular weight excluding hydrogens is 412 g/mol.